The molecule has 0 aromatic rings. The molecule has 100 valence electrons. The summed E-state index contributed by atoms with van der Waals surface area (Å²) in [6.45, 7) is 4.79. The molecule has 4 rings (SSSR count). The summed E-state index contributed by atoms with van der Waals surface area (Å²) < 4.78 is 11.4. The number of aliphatic hydroxyl groups is 1. The van der Waals surface area contributed by atoms with E-state index < -0.39 is 0 Å². The van der Waals surface area contributed by atoms with Crippen LogP contribution in [-0.4, -0.2) is 36.1 Å². The minimum absolute atomic E-state index is 0.0291. The lowest BCUT2D eigenvalue weighted by molar-refractivity contribution is 0.0705. The van der Waals surface area contributed by atoms with Crippen LogP contribution in [0.15, 0.2) is 11.1 Å². The molecule has 0 bridgehead atoms. The molecule has 4 aliphatic rings. The Bertz CT molecular complexity index is 416. The van der Waals surface area contributed by atoms with Crippen molar-refractivity contribution in [1.29, 1.82) is 0 Å². The molecule has 0 spiro atoms. The topological polar surface area (TPSA) is 45.3 Å². The van der Waals surface area contributed by atoms with Crippen molar-refractivity contribution in [2.24, 2.45) is 11.3 Å². The maximum Gasteiger partial charge on any atom is 0.0882 e. The fourth-order valence-corrected chi connectivity index (χ4v) is 4.40. The van der Waals surface area contributed by atoms with E-state index in [1.54, 1.807) is 0 Å². The zero-order valence-corrected chi connectivity index (χ0v) is 11.2. The van der Waals surface area contributed by atoms with Crippen LogP contribution < -0.4 is 0 Å². The summed E-state index contributed by atoms with van der Waals surface area (Å²) in [5.74, 6) is 0.520. The van der Waals surface area contributed by atoms with Crippen LogP contribution in [0.4, 0.5) is 0 Å². The molecule has 1 N–H and O–H groups in total. The van der Waals surface area contributed by atoms with E-state index in [2.05, 4.69) is 13.8 Å². The zero-order chi connectivity index (χ0) is 12.5. The van der Waals surface area contributed by atoms with Crippen molar-refractivity contribution in [2.75, 3.05) is 6.61 Å². The Balaban J connectivity index is 1.70. The van der Waals surface area contributed by atoms with E-state index in [0.717, 1.165) is 25.7 Å². The van der Waals surface area contributed by atoms with E-state index in [-0.39, 0.29) is 12.0 Å². The van der Waals surface area contributed by atoms with E-state index in [1.165, 1.54) is 11.1 Å². The molecular formula is C15H22O3. The first-order valence-corrected chi connectivity index (χ1v) is 7.25. The second-order valence-corrected chi connectivity index (χ2v) is 6.75. The van der Waals surface area contributed by atoms with Gasteiger partial charge in [-0.15, -0.1) is 0 Å². The molecule has 1 saturated carbocycles. The first-order valence-electron chi connectivity index (χ1n) is 7.25. The van der Waals surface area contributed by atoms with Gasteiger partial charge in [0, 0.05) is 5.41 Å². The quantitative estimate of drug-likeness (QED) is 0.602. The minimum Gasteiger partial charge on any atom is -0.395 e. The molecule has 3 nitrogen and oxygen atoms in total. The summed E-state index contributed by atoms with van der Waals surface area (Å²) in [5, 5.41) is 10.1. The molecule has 0 aromatic heterocycles. The molecule has 3 fully saturated rings. The molecule has 18 heavy (non-hydrogen) atoms. The van der Waals surface area contributed by atoms with Gasteiger partial charge < -0.3 is 14.6 Å². The lowest BCUT2D eigenvalue weighted by Crippen LogP contribution is -2.42. The Morgan fingerprint density at radius 3 is 2.67 bits per heavy atom. The van der Waals surface area contributed by atoms with Crippen LogP contribution in [0.1, 0.15) is 39.5 Å². The van der Waals surface area contributed by atoms with Gasteiger partial charge in [-0.25, -0.2) is 0 Å². The number of rotatable bonds is 2. The average molecular weight is 250 g/mol. The number of epoxide rings is 2. The van der Waals surface area contributed by atoms with Crippen molar-refractivity contribution in [1.82, 2.24) is 0 Å². The number of fused-ring (bicyclic) bond motifs is 2. The lowest BCUT2D eigenvalue weighted by Gasteiger charge is -2.43. The van der Waals surface area contributed by atoms with Crippen molar-refractivity contribution in [3.8, 4) is 0 Å². The molecular weight excluding hydrogens is 228 g/mol. The fraction of sp³-hybridized carbons (Fsp3) is 0.867. The van der Waals surface area contributed by atoms with E-state index in [0.29, 0.717) is 30.3 Å². The second kappa shape index (κ2) is 3.59. The molecule has 2 aliphatic heterocycles. The maximum absolute atomic E-state index is 10.1. The van der Waals surface area contributed by atoms with E-state index in [1.807, 2.05) is 0 Å². The highest BCUT2D eigenvalue weighted by Gasteiger charge is 2.57. The summed E-state index contributed by atoms with van der Waals surface area (Å²) in [4.78, 5) is 0. The van der Waals surface area contributed by atoms with Crippen molar-refractivity contribution in [2.45, 2.75) is 63.9 Å². The number of hydrogen-bond acceptors (Lipinski definition) is 3. The van der Waals surface area contributed by atoms with Crippen molar-refractivity contribution in [3.63, 3.8) is 0 Å². The Labute approximate surface area is 108 Å². The first kappa shape index (κ1) is 11.4. The third-order valence-corrected chi connectivity index (χ3v) is 5.78. The van der Waals surface area contributed by atoms with E-state index in [9.17, 15) is 5.11 Å². The van der Waals surface area contributed by atoms with E-state index >= 15 is 0 Å². The summed E-state index contributed by atoms with van der Waals surface area (Å²) in [6, 6.07) is 0. The summed E-state index contributed by atoms with van der Waals surface area (Å²) >= 11 is 0. The Morgan fingerprint density at radius 2 is 1.89 bits per heavy atom. The van der Waals surface area contributed by atoms with Crippen molar-refractivity contribution in [3.05, 3.63) is 11.1 Å². The number of hydrogen-bond donors (Lipinski definition) is 1. The standard InChI is InChI=1S/C15H22O3/c1-8-3-11-13(17-11)5-10(8)15(7-16)6-14-12(18-14)4-9(15)2/h9,11-14,16H,3-7H2,1-2H3. The molecule has 6 atom stereocenters. The first-order chi connectivity index (χ1) is 8.64. The van der Waals surface area contributed by atoms with Gasteiger partial charge in [-0.2, -0.15) is 0 Å². The van der Waals surface area contributed by atoms with Gasteiger partial charge in [0.2, 0.25) is 0 Å². The molecule has 0 aromatic carbocycles. The van der Waals surface area contributed by atoms with Crippen LogP contribution in [0, 0.1) is 11.3 Å². The summed E-state index contributed by atoms with van der Waals surface area (Å²) in [7, 11) is 0. The Morgan fingerprint density at radius 1 is 1.17 bits per heavy atom. The van der Waals surface area contributed by atoms with Crippen LogP contribution in [-0.2, 0) is 9.47 Å². The van der Waals surface area contributed by atoms with Gasteiger partial charge in [0.15, 0.2) is 0 Å². The SMILES string of the molecule is CC1=C(C2(CO)CC3OC3CC2C)CC2OC2C1. The van der Waals surface area contributed by atoms with Gasteiger partial charge in [0.1, 0.15) is 0 Å². The fourth-order valence-electron chi connectivity index (χ4n) is 4.40. The molecule has 2 heterocycles. The van der Waals surface area contributed by atoms with Crippen molar-refractivity contribution >= 4 is 0 Å². The van der Waals surface area contributed by atoms with Gasteiger partial charge in [0.25, 0.3) is 0 Å². The number of aliphatic hydroxyl groups excluding tert-OH is 1. The zero-order valence-electron chi connectivity index (χ0n) is 11.2. The van der Waals surface area contributed by atoms with Gasteiger partial charge >= 0.3 is 0 Å². The van der Waals surface area contributed by atoms with Gasteiger partial charge in [-0.3, -0.25) is 0 Å². The van der Waals surface area contributed by atoms with Crippen LogP contribution >= 0.6 is 0 Å². The van der Waals surface area contributed by atoms with Gasteiger partial charge in [-0.05, 0) is 38.5 Å². The predicted molar refractivity (Wildman–Crippen MR) is 67.2 cm³/mol. The van der Waals surface area contributed by atoms with Crippen molar-refractivity contribution < 1.29 is 14.6 Å². The van der Waals surface area contributed by atoms with Gasteiger partial charge in [-0.1, -0.05) is 18.1 Å². The maximum atomic E-state index is 10.1. The lowest BCUT2D eigenvalue weighted by atomic mass is 9.60. The smallest absolute Gasteiger partial charge is 0.0882 e. The highest BCUT2D eigenvalue weighted by atomic mass is 16.6. The summed E-state index contributed by atoms with van der Waals surface area (Å²) in [5.41, 5.74) is 2.93. The van der Waals surface area contributed by atoms with Gasteiger partial charge in [0.05, 0.1) is 31.0 Å². The molecule has 0 amide bonds. The third kappa shape index (κ3) is 1.47. The molecule has 0 radical (unpaired) electrons. The highest BCUT2D eigenvalue weighted by molar-refractivity contribution is 5.31. The Kier molecular flexibility index (Phi) is 2.28. The molecule has 6 unspecified atom stereocenters. The highest BCUT2D eigenvalue weighted by Crippen LogP contribution is 2.57. The normalized spacial score (nSPS) is 53.8. The largest absolute Gasteiger partial charge is 0.395 e. The number of ether oxygens (including phenoxy) is 2. The van der Waals surface area contributed by atoms with Crippen LogP contribution in [0.25, 0.3) is 0 Å². The minimum atomic E-state index is -0.0291. The third-order valence-electron chi connectivity index (χ3n) is 5.78. The van der Waals surface area contributed by atoms with Crippen LogP contribution in [0.5, 0.6) is 0 Å². The van der Waals surface area contributed by atoms with E-state index in [4.69, 9.17) is 9.47 Å². The molecule has 2 aliphatic carbocycles. The molecule has 3 heteroatoms. The second-order valence-electron chi connectivity index (χ2n) is 6.75. The Hall–Kier alpha value is -0.380. The monoisotopic (exact) mass is 250 g/mol. The summed E-state index contributed by atoms with van der Waals surface area (Å²) in [6.07, 6.45) is 6.05. The van der Waals surface area contributed by atoms with Crippen LogP contribution in [0.2, 0.25) is 0 Å². The average Bonchev–Trinajstić information content (AvgIpc) is 3.21. The molecule has 2 saturated heterocycles. The van der Waals surface area contributed by atoms with Crippen LogP contribution in [0.3, 0.4) is 0 Å². The predicted octanol–water partition coefficient (Wildman–Crippen LogP) is 2.04.